The fourth-order valence-electron chi connectivity index (χ4n) is 4.55. The van der Waals surface area contributed by atoms with E-state index < -0.39 is 54.9 Å². The van der Waals surface area contributed by atoms with Crippen molar-refractivity contribution in [2.75, 3.05) is 5.75 Å². The van der Waals surface area contributed by atoms with E-state index in [0.29, 0.717) is 6.42 Å². The largest absolute Gasteiger partial charge is 0.459 e. The predicted octanol–water partition coefficient (Wildman–Crippen LogP) is 2.85. The summed E-state index contributed by atoms with van der Waals surface area (Å²) in [6, 6.07) is 0. The normalized spacial score (nSPS) is 37.3. The Kier molecular flexibility index (Phi) is 11.0. The van der Waals surface area contributed by atoms with Crippen LogP contribution in [0.2, 0.25) is 0 Å². The number of ether oxygens (including phenoxy) is 6. The van der Waals surface area contributed by atoms with E-state index in [-0.39, 0.29) is 34.7 Å². The molecular formula is C24H38O10S. The van der Waals surface area contributed by atoms with Crippen LogP contribution in [-0.2, 0) is 47.6 Å². The van der Waals surface area contributed by atoms with Gasteiger partial charge in [0, 0.05) is 51.2 Å². The smallest absolute Gasteiger partial charge is 0.303 e. The minimum Gasteiger partial charge on any atom is -0.459 e. The molecule has 35 heavy (non-hydrogen) atoms. The van der Waals surface area contributed by atoms with Crippen LogP contribution < -0.4 is 0 Å². The van der Waals surface area contributed by atoms with Gasteiger partial charge in [-0.05, 0) is 6.42 Å². The van der Waals surface area contributed by atoms with Crippen LogP contribution in [0.25, 0.3) is 0 Å². The van der Waals surface area contributed by atoms with E-state index in [1.165, 1.54) is 27.7 Å². The van der Waals surface area contributed by atoms with Crippen molar-refractivity contribution in [3.8, 4) is 0 Å². The molecular weight excluding hydrogens is 480 g/mol. The van der Waals surface area contributed by atoms with Crippen molar-refractivity contribution >= 4 is 34.8 Å². The lowest BCUT2D eigenvalue weighted by atomic mass is 9.84. The Hall–Kier alpha value is -1.69. The Bertz CT molecular complexity index is 773. The van der Waals surface area contributed by atoms with Crippen LogP contribution in [0.3, 0.4) is 0 Å². The van der Waals surface area contributed by atoms with Crippen LogP contribution in [0.4, 0.5) is 0 Å². The number of esters is 3. The zero-order chi connectivity index (χ0) is 26.4. The third kappa shape index (κ3) is 7.90. The summed E-state index contributed by atoms with van der Waals surface area (Å²) in [5.41, 5.74) is 0. The summed E-state index contributed by atoms with van der Waals surface area (Å²) in [7, 11) is 0. The summed E-state index contributed by atoms with van der Waals surface area (Å²) in [6.07, 6.45) is -4.52. The number of carbonyl (C=O) groups excluding carboxylic acids is 4. The van der Waals surface area contributed by atoms with Crippen molar-refractivity contribution in [2.45, 2.75) is 105 Å². The van der Waals surface area contributed by atoms with Crippen LogP contribution in [-0.4, -0.2) is 71.9 Å². The van der Waals surface area contributed by atoms with Crippen molar-refractivity contribution in [3.05, 3.63) is 0 Å². The molecule has 0 aromatic carbocycles. The molecule has 11 heteroatoms. The standard InChI is InChI=1S/C24H38O10S/c1-9-18-13(4)21(30-15(6)26)22(31-16(7)27)24(32-18)34-23-12(3)11(2)20(29-14(5)25)19(33-23)10-35-17(8)28/h11-13,18-24H,9-10H2,1-8H3/t11-,12-,13-,18-,19-,20?,21+,22-,23-,24-/m1/s1. The quantitative estimate of drug-likeness (QED) is 0.348. The molecule has 2 saturated heterocycles. The Morgan fingerprint density at radius 3 is 1.71 bits per heavy atom. The zero-order valence-corrected chi connectivity index (χ0v) is 22.5. The predicted molar refractivity (Wildman–Crippen MR) is 126 cm³/mol. The van der Waals surface area contributed by atoms with Crippen LogP contribution in [0, 0.1) is 17.8 Å². The Balaban J connectivity index is 2.32. The summed E-state index contributed by atoms with van der Waals surface area (Å²) < 4.78 is 35.2. The Labute approximate surface area is 211 Å². The van der Waals surface area contributed by atoms with Crippen LogP contribution in [0.5, 0.6) is 0 Å². The molecule has 2 fully saturated rings. The van der Waals surface area contributed by atoms with E-state index in [1.54, 1.807) is 0 Å². The molecule has 10 nitrogen and oxygen atoms in total. The SMILES string of the molecule is CC[C@H]1O[C@H](O[C@H]2O[C@H](CSC(C)=O)C(OC(C)=O)[C@H](C)[C@H]2C)[C@H](OC(C)=O)[C@@H](OC(C)=O)[C@@H]1C. The van der Waals surface area contributed by atoms with Crippen LogP contribution in [0.1, 0.15) is 61.8 Å². The van der Waals surface area contributed by atoms with Gasteiger partial charge in [0.05, 0.1) is 6.10 Å². The van der Waals surface area contributed by atoms with Crippen molar-refractivity contribution in [2.24, 2.45) is 17.8 Å². The molecule has 0 bridgehead atoms. The molecule has 0 amide bonds. The third-order valence-electron chi connectivity index (χ3n) is 6.49. The topological polar surface area (TPSA) is 124 Å². The maximum Gasteiger partial charge on any atom is 0.303 e. The fourth-order valence-corrected chi connectivity index (χ4v) is 5.22. The molecule has 0 N–H and O–H groups in total. The monoisotopic (exact) mass is 518 g/mol. The number of hydrogen-bond donors (Lipinski definition) is 0. The maximum absolute atomic E-state index is 11.9. The summed E-state index contributed by atoms with van der Waals surface area (Å²) in [5, 5.41) is -0.0894. The van der Waals surface area contributed by atoms with Crippen molar-refractivity contribution < 1.29 is 47.6 Å². The van der Waals surface area contributed by atoms with E-state index in [9.17, 15) is 19.2 Å². The van der Waals surface area contributed by atoms with Gasteiger partial charge in [-0.3, -0.25) is 19.2 Å². The van der Waals surface area contributed by atoms with Gasteiger partial charge in [0.1, 0.15) is 18.3 Å². The lowest BCUT2D eigenvalue weighted by Gasteiger charge is -2.48. The Morgan fingerprint density at radius 1 is 0.686 bits per heavy atom. The average molecular weight is 519 g/mol. The highest BCUT2D eigenvalue weighted by atomic mass is 32.2. The minimum atomic E-state index is -1.06. The zero-order valence-electron chi connectivity index (χ0n) is 21.7. The number of hydrogen-bond acceptors (Lipinski definition) is 11. The number of thioether (sulfide) groups is 1. The second-order valence-corrected chi connectivity index (χ2v) is 10.4. The van der Waals surface area contributed by atoms with E-state index in [0.717, 1.165) is 11.8 Å². The second kappa shape index (κ2) is 13.0. The molecule has 0 spiro atoms. The highest BCUT2D eigenvalue weighted by Crippen LogP contribution is 2.38. The van der Waals surface area contributed by atoms with Gasteiger partial charge in [-0.1, -0.05) is 39.5 Å². The van der Waals surface area contributed by atoms with E-state index in [1.807, 2.05) is 27.7 Å². The molecule has 0 aliphatic carbocycles. The molecule has 0 saturated carbocycles. The molecule has 0 aromatic heterocycles. The van der Waals surface area contributed by atoms with Gasteiger partial charge in [-0.25, -0.2) is 0 Å². The van der Waals surface area contributed by atoms with Gasteiger partial charge in [0.2, 0.25) is 6.29 Å². The number of carbonyl (C=O) groups is 4. The molecule has 1 unspecified atom stereocenters. The lowest BCUT2D eigenvalue weighted by molar-refractivity contribution is -0.357. The van der Waals surface area contributed by atoms with Gasteiger partial charge >= 0.3 is 17.9 Å². The lowest BCUT2D eigenvalue weighted by Crippen LogP contribution is -2.60. The fraction of sp³-hybridized carbons (Fsp3) is 0.833. The van der Waals surface area contributed by atoms with Crippen LogP contribution in [0.15, 0.2) is 0 Å². The van der Waals surface area contributed by atoms with E-state index in [4.69, 9.17) is 28.4 Å². The molecule has 2 aliphatic rings. The molecule has 0 aromatic rings. The molecule has 2 rings (SSSR count). The van der Waals surface area contributed by atoms with Gasteiger partial charge in [0.15, 0.2) is 17.5 Å². The van der Waals surface area contributed by atoms with Gasteiger partial charge in [-0.2, -0.15) is 0 Å². The van der Waals surface area contributed by atoms with E-state index in [2.05, 4.69) is 0 Å². The Morgan fingerprint density at radius 2 is 1.20 bits per heavy atom. The second-order valence-electron chi connectivity index (χ2n) is 9.23. The molecule has 2 heterocycles. The molecule has 10 atom stereocenters. The molecule has 0 radical (unpaired) electrons. The first-order chi connectivity index (χ1) is 16.3. The van der Waals surface area contributed by atoms with E-state index >= 15 is 0 Å². The first-order valence-electron chi connectivity index (χ1n) is 12.0. The highest BCUT2D eigenvalue weighted by Gasteiger charge is 2.51. The van der Waals surface area contributed by atoms with Gasteiger partial charge < -0.3 is 28.4 Å². The summed E-state index contributed by atoms with van der Waals surface area (Å²) in [4.78, 5) is 47.1. The maximum atomic E-state index is 11.9. The third-order valence-corrected chi connectivity index (χ3v) is 7.39. The first kappa shape index (κ1) is 29.5. The van der Waals surface area contributed by atoms with Gasteiger partial charge in [-0.15, -0.1) is 0 Å². The summed E-state index contributed by atoms with van der Waals surface area (Å²) >= 11 is 1.07. The summed E-state index contributed by atoms with van der Waals surface area (Å²) in [6.45, 7) is 13.0. The van der Waals surface area contributed by atoms with Crippen LogP contribution >= 0.6 is 11.8 Å². The van der Waals surface area contributed by atoms with Gasteiger partial charge in [0.25, 0.3) is 0 Å². The van der Waals surface area contributed by atoms with Crippen molar-refractivity contribution in [1.82, 2.24) is 0 Å². The minimum absolute atomic E-state index is 0.0894. The molecule has 200 valence electrons. The van der Waals surface area contributed by atoms with Crippen molar-refractivity contribution in [3.63, 3.8) is 0 Å². The highest BCUT2D eigenvalue weighted by molar-refractivity contribution is 8.13. The summed E-state index contributed by atoms with van der Waals surface area (Å²) in [5.74, 6) is -1.90. The van der Waals surface area contributed by atoms with Crippen molar-refractivity contribution in [1.29, 1.82) is 0 Å². The number of rotatable bonds is 8. The first-order valence-corrected chi connectivity index (χ1v) is 13.0. The average Bonchev–Trinajstić information content (AvgIpc) is 2.75. The molecule has 2 aliphatic heterocycles.